The molecule has 1 aliphatic rings. The highest BCUT2D eigenvalue weighted by atomic mass is 16.2. The van der Waals surface area contributed by atoms with Crippen LogP contribution in [0.3, 0.4) is 0 Å². The Labute approximate surface area is 65.0 Å². The molecule has 0 aromatic carbocycles. The zero-order chi connectivity index (χ0) is 7.68. The minimum Gasteiger partial charge on any atom is -0.366 e. The number of amides is 1. The van der Waals surface area contributed by atoms with E-state index in [2.05, 4.69) is 4.98 Å². The molecule has 0 radical (unpaired) electrons. The van der Waals surface area contributed by atoms with E-state index >= 15 is 0 Å². The molecule has 0 atom stereocenters. The van der Waals surface area contributed by atoms with E-state index in [4.69, 9.17) is 0 Å². The lowest BCUT2D eigenvalue weighted by atomic mass is 10.4. The number of carbonyl (C=O) groups excluding carboxylic acids is 1. The fourth-order valence-electron chi connectivity index (χ4n) is 1.40. The minimum atomic E-state index is 0.240. The van der Waals surface area contributed by atoms with Gasteiger partial charge in [0.1, 0.15) is 0 Å². The summed E-state index contributed by atoms with van der Waals surface area (Å²) >= 11 is 0. The Morgan fingerprint density at radius 3 is 3.00 bits per heavy atom. The summed E-state index contributed by atoms with van der Waals surface area (Å²) in [6.07, 6.45) is 5.37. The highest BCUT2D eigenvalue weighted by Crippen LogP contribution is 2.19. The Kier molecular flexibility index (Phi) is 1.42. The number of hydrogen-bond donors (Lipinski definition) is 1. The number of hydrogen-bond acceptors (Lipinski definition) is 1. The van der Waals surface area contributed by atoms with Crippen molar-refractivity contribution in [2.45, 2.75) is 12.8 Å². The number of aromatic nitrogens is 1. The van der Waals surface area contributed by atoms with E-state index in [9.17, 15) is 4.79 Å². The molecular weight excluding hydrogens is 140 g/mol. The third-order valence-corrected chi connectivity index (χ3v) is 1.97. The van der Waals surface area contributed by atoms with Crippen LogP contribution in [-0.4, -0.2) is 17.4 Å². The van der Waals surface area contributed by atoms with Crippen LogP contribution < -0.4 is 4.90 Å². The second-order valence-corrected chi connectivity index (χ2v) is 2.72. The first-order valence-corrected chi connectivity index (χ1v) is 3.81. The van der Waals surface area contributed by atoms with Gasteiger partial charge in [0.25, 0.3) is 0 Å². The van der Waals surface area contributed by atoms with Crippen LogP contribution in [0.4, 0.5) is 5.69 Å². The first kappa shape index (κ1) is 6.46. The third-order valence-electron chi connectivity index (χ3n) is 1.97. The van der Waals surface area contributed by atoms with Crippen LogP contribution in [0.1, 0.15) is 12.8 Å². The lowest BCUT2D eigenvalue weighted by molar-refractivity contribution is -0.117. The number of nitrogens with zero attached hydrogens (tertiary/aromatic N) is 1. The van der Waals surface area contributed by atoms with Gasteiger partial charge in [0.2, 0.25) is 5.91 Å². The molecule has 1 aliphatic heterocycles. The van der Waals surface area contributed by atoms with Crippen molar-refractivity contribution in [3.63, 3.8) is 0 Å². The molecule has 0 saturated carbocycles. The molecule has 2 heterocycles. The molecule has 1 aromatic heterocycles. The molecule has 1 N–H and O–H groups in total. The number of anilines is 1. The molecule has 58 valence electrons. The SMILES string of the molecule is O=C1CCCN1c1cc[nH]c1. The predicted molar refractivity (Wildman–Crippen MR) is 42.4 cm³/mol. The Bertz CT molecular complexity index is 253. The van der Waals surface area contributed by atoms with E-state index in [0.717, 1.165) is 18.7 Å². The molecule has 2 rings (SSSR count). The summed E-state index contributed by atoms with van der Waals surface area (Å²) in [6, 6.07) is 1.92. The molecule has 1 aromatic rings. The van der Waals surface area contributed by atoms with Crippen molar-refractivity contribution in [3.05, 3.63) is 18.5 Å². The van der Waals surface area contributed by atoms with Gasteiger partial charge in [-0.05, 0) is 12.5 Å². The van der Waals surface area contributed by atoms with Crippen LogP contribution in [0, 0.1) is 0 Å². The summed E-state index contributed by atoms with van der Waals surface area (Å²) in [6.45, 7) is 0.872. The van der Waals surface area contributed by atoms with Gasteiger partial charge >= 0.3 is 0 Å². The summed E-state index contributed by atoms with van der Waals surface area (Å²) < 4.78 is 0. The van der Waals surface area contributed by atoms with E-state index < -0.39 is 0 Å². The Balaban J connectivity index is 2.23. The monoisotopic (exact) mass is 150 g/mol. The van der Waals surface area contributed by atoms with Crippen molar-refractivity contribution in [3.8, 4) is 0 Å². The molecule has 3 nitrogen and oxygen atoms in total. The smallest absolute Gasteiger partial charge is 0.227 e. The van der Waals surface area contributed by atoms with Gasteiger partial charge in [-0.25, -0.2) is 0 Å². The highest BCUT2D eigenvalue weighted by molar-refractivity contribution is 5.95. The summed E-state index contributed by atoms with van der Waals surface area (Å²) in [4.78, 5) is 15.9. The third kappa shape index (κ3) is 1.02. The minimum absolute atomic E-state index is 0.240. The van der Waals surface area contributed by atoms with E-state index in [-0.39, 0.29) is 5.91 Å². The van der Waals surface area contributed by atoms with Gasteiger partial charge in [-0.3, -0.25) is 4.79 Å². The highest BCUT2D eigenvalue weighted by Gasteiger charge is 2.21. The van der Waals surface area contributed by atoms with Crippen molar-refractivity contribution in [2.24, 2.45) is 0 Å². The molecule has 1 saturated heterocycles. The van der Waals surface area contributed by atoms with Crippen LogP contribution in [0.2, 0.25) is 0 Å². The fourth-order valence-corrected chi connectivity index (χ4v) is 1.40. The van der Waals surface area contributed by atoms with Crippen molar-refractivity contribution in [1.82, 2.24) is 4.98 Å². The van der Waals surface area contributed by atoms with Crippen molar-refractivity contribution in [2.75, 3.05) is 11.4 Å². The topological polar surface area (TPSA) is 36.1 Å². The second kappa shape index (κ2) is 2.42. The number of rotatable bonds is 1. The van der Waals surface area contributed by atoms with E-state index in [1.54, 1.807) is 0 Å². The zero-order valence-electron chi connectivity index (χ0n) is 6.21. The first-order chi connectivity index (χ1) is 5.38. The van der Waals surface area contributed by atoms with Crippen LogP contribution in [0.25, 0.3) is 0 Å². The Hall–Kier alpha value is -1.25. The van der Waals surface area contributed by atoms with Gasteiger partial charge in [0.15, 0.2) is 0 Å². The normalized spacial score (nSPS) is 17.8. The van der Waals surface area contributed by atoms with Gasteiger partial charge in [0.05, 0.1) is 5.69 Å². The maximum atomic E-state index is 11.2. The molecule has 0 spiro atoms. The van der Waals surface area contributed by atoms with Gasteiger partial charge in [-0.2, -0.15) is 0 Å². The molecule has 1 fully saturated rings. The lowest BCUT2D eigenvalue weighted by Crippen LogP contribution is -2.22. The Morgan fingerprint density at radius 1 is 1.55 bits per heavy atom. The van der Waals surface area contributed by atoms with Crippen molar-refractivity contribution < 1.29 is 4.79 Å². The predicted octanol–water partition coefficient (Wildman–Crippen LogP) is 1.14. The molecule has 0 unspecified atom stereocenters. The zero-order valence-corrected chi connectivity index (χ0v) is 6.21. The standard InChI is InChI=1S/C8H10N2O/c11-8-2-1-5-10(8)7-3-4-9-6-7/h3-4,6,9H,1-2,5H2. The first-order valence-electron chi connectivity index (χ1n) is 3.81. The van der Waals surface area contributed by atoms with Crippen LogP contribution in [0.5, 0.6) is 0 Å². The number of carbonyl (C=O) groups is 1. The van der Waals surface area contributed by atoms with E-state index in [1.165, 1.54) is 0 Å². The number of H-pyrrole nitrogens is 1. The average molecular weight is 150 g/mol. The number of aromatic amines is 1. The second-order valence-electron chi connectivity index (χ2n) is 2.72. The number of nitrogens with one attached hydrogen (secondary N) is 1. The molecule has 0 bridgehead atoms. The molecule has 11 heavy (non-hydrogen) atoms. The van der Waals surface area contributed by atoms with E-state index in [1.807, 2.05) is 23.4 Å². The quantitative estimate of drug-likeness (QED) is 0.640. The van der Waals surface area contributed by atoms with Gasteiger partial charge in [0, 0.05) is 25.4 Å². The largest absolute Gasteiger partial charge is 0.366 e. The van der Waals surface area contributed by atoms with Crippen LogP contribution in [-0.2, 0) is 4.79 Å². The molecule has 1 amide bonds. The summed E-state index contributed by atoms with van der Waals surface area (Å²) in [7, 11) is 0. The van der Waals surface area contributed by atoms with Gasteiger partial charge < -0.3 is 9.88 Å². The van der Waals surface area contributed by atoms with Crippen LogP contribution >= 0.6 is 0 Å². The lowest BCUT2D eigenvalue weighted by Gasteiger charge is -2.11. The van der Waals surface area contributed by atoms with Gasteiger partial charge in [-0.15, -0.1) is 0 Å². The van der Waals surface area contributed by atoms with Crippen molar-refractivity contribution in [1.29, 1.82) is 0 Å². The fraction of sp³-hybridized carbons (Fsp3) is 0.375. The van der Waals surface area contributed by atoms with E-state index in [0.29, 0.717) is 6.42 Å². The average Bonchev–Trinajstić information content (AvgIpc) is 2.55. The Morgan fingerprint density at radius 2 is 2.45 bits per heavy atom. The summed E-state index contributed by atoms with van der Waals surface area (Å²) in [5.41, 5.74) is 0.993. The molecular formula is C8H10N2O. The maximum Gasteiger partial charge on any atom is 0.227 e. The summed E-state index contributed by atoms with van der Waals surface area (Å²) in [5.74, 6) is 0.240. The van der Waals surface area contributed by atoms with Gasteiger partial charge in [-0.1, -0.05) is 0 Å². The molecule has 3 heteroatoms. The maximum absolute atomic E-state index is 11.2. The molecule has 0 aliphatic carbocycles. The summed E-state index contributed by atoms with van der Waals surface area (Å²) in [5, 5.41) is 0. The van der Waals surface area contributed by atoms with Crippen molar-refractivity contribution >= 4 is 11.6 Å². The van der Waals surface area contributed by atoms with Crippen LogP contribution in [0.15, 0.2) is 18.5 Å².